The molecule has 0 bridgehead atoms. The zero-order valence-corrected chi connectivity index (χ0v) is 69.3. The zero-order chi connectivity index (χ0) is 86.6. The predicted molar refractivity (Wildman–Crippen MR) is 435 cm³/mol. The van der Waals surface area contributed by atoms with Crippen LogP contribution in [0.25, 0.3) is 10.8 Å². The van der Waals surface area contributed by atoms with Crippen LogP contribution in [0.3, 0.4) is 0 Å². The fourth-order valence-corrected chi connectivity index (χ4v) is 15.1. The monoisotopic (exact) mass is 1600 g/mol. The van der Waals surface area contributed by atoms with Gasteiger partial charge in [-0.2, -0.15) is 0 Å². The van der Waals surface area contributed by atoms with Crippen molar-refractivity contribution in [2.75, 3.05) is 0 Å². The van der Waals surface area contributed by atoms with E-state index in [0.717, 1.165) is 79.1 Å². The number of nitrogens with zero attached hydrogens (tertiary/aromatic N) is 5. The highest BCUT2D eigenvalue weighted by Gasteiger charge is 2.49. The number of amides is 18. The van der Waals surface area contributed by atoms with Crippen LogP contribution in [0.15, 0.2) is 103 Å². The molecule has 5 saturated heterocycles. The predicted octanol–water partition coefficient (Wildman–Crippen LogP) is 10.3. The third-order valence-electron chi connectivity index (χ3n) is 20.8. The van der Waals surface area contributed by atoms with Gasteiger partial charge in [0.05, 0.1) is 22.3 Å². The SMILES string of the molecule is CC.CC.CC.CC.CC.CCc1cc2c3c(cccc3c1)C(=O)N(C1CCC(=O)NC1=O)C2=O.CCc1ccc2c(c1)C(=O)N(C1CCC(=O)NC1=O)C2=O.CCc1ccc2c(c1)CN(C1CCC(=O)NC1=O)C2=O.CCc1cccc2c1C(=O)N(C1CCC(=O)NC1=O)C2=O.CCc1cccc2c1CN(C1CCC(=O)NC1=O)C2=O. The number of carbonyl (C=O) groups excluding carboxylic acids is 18. The molecule has 10 heterocycles. The second kappa shape index (κ2) is 41.8. The van der Waals surface area contributed by atoms with Crippen LogP contribution in [-0.4, -0.2) is 161 Å². The largest absolute Gasteiger partial charge is 0.322 e. The van der Waals surface area contributed by atoms with E-state index < -0.39 is 83.4 Å². The highest BCUT2D eigenvalue weighted by Crippen LogP contribution is 2.37. The number of imide groups is 8. The second-order valence-electron chi connectivity index (χ2n) is 27.1. The van der Waals surface area contributed by atoms with E-state index in [1.807, 2.05) is 139 Å². The molecule has 10 aliphatic rings. The van der Waals surface area contributed by atoms with Gasteiger partial charge in [-0.3, -0.25) is 128 Å². The smallest absolute Gasteiger partial charge is 0.262 e. The van der Waals surface area contributed by atoms with Crippen LogP contribution in [-0.2, 0) is 93.1 Å². The van der Waals surface area contributed by atoms with Gasteiger partial charge in [-0.05, 0) is 151 Å². The molecule has 0 saturated carbocycles. The third-order valence-corrected chi connectivity index (χ3v) is 20.8. The van der Waals surface area contributed by atoms with Gasteiger partial charge in [0.1, 0.15) is 30.2 Å². The van der Waals surface area contributed by atoms with Gasteiger partial charge in [-0.1, -0.05) is 165 Å². The minimum Gasteiger partial charge on any atom is -0.322 e. The van der Waals surface area contributed by atoms with E-state index in [4.69, 9.17) is 0 Å². The summed E-state index contributed by atoms with van der Waals surface area (Å²) >= 11 is 0. The third kappa shape index (κ3) is 19.4. The van der Waals surface area contributed by atoms with Crippen LogP contribution >= 0.6 is 0 Å². The Morgan fingerprint density at radius 2 is 0.641 bits per heavy atom. The summed E-state index contributed by atoms with van der Waals surface area (Å²) in [5.41, 5.74) is 10.7. The normalized spacial score (nSPS) is 19.8. The maximum absolute atomic E-state index is 13.0. The maximum atomic E-state index is 13.0. The first-order chi connectivity index (χ1) is 56.3. The molecule has 0 aliphatic carbocycles. The van der Waals surface area contributed by atoms with Gasteiger partial charge in [0, 0.05) is 72.8 Å². The number of carbonyl (C=O) groups is 18. The van der Waals surface area contributed by atoms with Crippen molar-refractivity contribution in [3.05, 3.63) is 187 Å². The number of hydrogen-bond donors (Lipinski definition) is 5. The molecule has 5 N–H and O–H groups in total. The van der Waals surface area contributed by atoms with E-state index in [9.17, 15) is 86.3 Å². The van der Waals surface area contributed by atoms with Gasteiger partial charge in [-0.15, -0.1) is 0 Å². The highest BCUT2D eigenvalue weighted by molar-refractivity contribution is 6.28. The van der Waals surface area contributed by atoms with E-state index >= 15 is 0 Å². The Bertz CT molecular complexity index is 4940. The number of piperidine rings is 5. The van der Waals surface area contributed by atoms with Crippen LogP contribution in [0.4, 0.5) is 0 Å². The Kier molecular flexibility index (Phi) is 32.8. The lowest BCUT2D eigenvalue weighted by Gasteiger charge is -2.34. The van der Waals surface area contributed by atoms with Crippen molar-refractivity contribution in [1.29, 1.82) is 0 Å². The number of nitrogens with one attached hydrogen (secondary N) is 5. The Hall–Kier alpha value is -12.4. The number of rotatable bonds is 10. The molecule has 6 aromatic rings. The Morgan fingerprint density at radius 3 is 1.09 bits per heavy atom. The van der Waals surface area contributed by atoms with Gasteiger partial charge < -0.3 is 9.80 Å². The fraction of sp³-hybridized carbons (Fsp3) is 0.416. The van der Waals surface area contributed by atoms with Gasteiger partial charge in [0.25, 0.3) is 47.3 Å². The average molecular weight is 1600 g/mol. The summed E-state index contributed by atoms with van der Waals surface area (Å²) in [4.78, 5) is 223. The van der Waals surface area contributed by atoms with Crippen molar-refractivity contribution < 1.29 is 86.3 Å². The lowest BCUT2D eigenvalue weighted by molar-refractivity contribution is -0.138. The lowest BCUT2D eigenvalue weighted by Crippen LogP contribution is -2.57. The van der Waals surface area contributed by atoms with Gasteiger partial charge >= 0.3 is 0 Å². The molecule has 10 aliphatic heterocycles. The summed E-state index contributed by atoms with van der Waals surface area (Å²) in [5.74, 6) is -7.14. The van der Waals surface area contributed by atoms with Crippen molar-refractivity contribution in [3.63, 3.8) is 0 Å². The zero-order valence-electron chi connectivity index (χ0n) is 69.3. The van der Waals surface area contributed by atoms with Crippen molar-refractivity contribution >= 4 is 117 Å². The molecule has 117 heavy (non-hydrogen) atoms. The Balaban J connectivity index is 0.000000197. The van der Waals surface area contributed by atoms with E-state index in [-0.39, 0.29) is 105 Å². The molecular formula is C89H106N10O18. The van der Waals surface area contributed by atoms with E-state index in [1.54, 1.807) is 64.4 Å². The number of aryl methyl sites for hydroxylation is 5. The van der Waals surface area contributed by atoms with Gasteiger partial charge in [0.15, 0.2) is 0 Å². The maximum Gasteiger partial charge on any atom is 0.262 e. The molecule has 0 radical (unpaired) electrons. The van der Waals surface area contributed by atoms with Crippen LogP contribution in [0.2, 0.25) is 0 Å². The lowest BCUT2D eigenvalue weighted by atomic mass is 9.90. The van der Waals surface area contributed by atoms with E-state index in [1.165, 1.54) is 5.56 Å². The summed E-state index contributed by atoms with van der Waals surface area (Å²) < 4.78 is 0. The Morgan fingerprint density at radius 1 is 0.291 bits per heavy atom. The van der Waals surface area contributed by atoms with Crippen molar-refractivity contribution in [2.45, 2.75) is 243 Å². The minimum atomic E-state index is -0.952. The second-order valence-corrected chi connectivity index (χ2v) is 27.1. The molecule has 5 fully saturated rings. The van der Waals surface area contributed by atoms with Crippen LogP contribution in [0.5, 0.6) is 0 Å². The molecule has 6 aromatic carbocycles. The van der Waals surface area contributed by atoms with E-state index in [2.05, 4.69) is 40.4 Å². The topological polar surface area (TPSA) is 384 Å². The van der Waals surface area contributed by atoms with Crippen molar-refractivity contribution in [3.8, 4) is 0 Å². The Labute approximate surface area is 681 Å². The first kappa shape index (κ1) is 91.8. The standard InChI is InChI=1S/C19H16N2O4.2C15H14N2O4.2C15H16N2O3.5C2H6/c1-2-10-8-11-4-3-5-12-16(11)13(9-10)19(25)21(18(12)24)14-6-7-15(22)20-17(14)23;1-2-8-3-4-9-10(7-8)15(21)17(14(9)20)11-5-6-12(18)16-13(11)19;1-2-8-4-3-5-9-12(8)15(21)17(14(9)20)10-6-7-11(18)16-13(10)19;1-2-9-3-4-11-10(7-9)8-17(15(11)20)12-5-6-13(18)16-14(12)19;1-2-9-4-3-5-10-11(9)8-17(15(10)20)12-6-7-13(18)16-14(12)19;5*1-2/h3-5,8-9,14H,2,6-7H2,1H3,(H,20,22,23);3-4,7,11H,2,5-6H2,1H3,(H,16,18,19);3-5,10H,2,6-7H2,1H3,(H,16,18,19);3-4,7,12H,2,5-6,8H2,1H3,(H,16,18,19);3-5,12H,2,6-8H2,1H3,(H,16,18,19);5*1-2H3. The summed E-state index contributed by atoms with van der Waals surface area (Å²) in [6.45, 7) is 30.9. The molecule has 28 heteroatoms. The highest BCUT2D eigenvalue weighted by atomic mass is 16.2. The minimum absolute atomic E-state index is 0.107. The molecule has 5 atom stereocenters. The van der Waals surface area contributed by atoms with Crippen molar-refractivity contribution in [2.24, 2.45) is 0 Å². The fourth-order valence-electron chi connectivity index (χ4n) is 15.1. The summed E-state index contributed by atoms with van der Waals surface area (Å²) in [6.07, 6.45) is 6.19. The molecule has 28 nitrogen and oxygen atoms in total. The van der Waals surface area contributed by atoms with Gasteiger partial charge in [-0.25, -0.2) is 0 Å². The first-order valence-electron chi connectivity index (χ1n) is 40.8. The quantitative estimate of drug-likeness (QED) is 0.0796. The summed E-state index contributed by atoms with van der Waals surface area (Å²) in [5, 5.41) is 12.7. The molecule has 16 rings (SSSR count). The molecule has 620 valence electrons. The molecule has 5 unspecified atom stereocenters. The summed E-state index contributed by atoms with van der Waals surface area (Å²) in [7, 11) is 0. The van der Waals surface area contributed by atoms with E-state index in [0.29, 0.717) is 82.2 Å². The first-order valence-corrected chi connectivity index (χ1v) is 40.8. The van der Waals surface area contributed by atoms with Crippen LogP contribution < -0.4 is 26.6 Å². The number of benzene rings is 6. The van der Waals surface area contributed by atoms with Crippen LogP contribution in [0, 0.1) is 0 Å². The van der Waals surface area contributed by atoms with Gasteiger partial charge in [0.2, 0.25) is 59.1 Å². The van der Waals surface area contributed by atoms with Crippen molar-refractivity contribution in [1.82, 2.24) is 51.1 Å². The molecule has 0 spiro atoms. The number of fused-ring (bicyclic) bond motifs is 4. The average Bonchev–Trinajstić information content (AvgIpc) is 1.71. The molecule has 0 aromatic heterocycles. The number of hydrogen-bond acceptors (Lipinski definition) is 18. The van der Waals surface area contributed by atoms with Crippen LogP contribution in [0.1, 0.15) is 290 Å². The molecule has 18 amide bonds. The molecular weight excluding hydrogens is 1500 g/mol. The summed E-state index contributed by atoms with van der Waals surface area (Å²) in [6, 6.07) is 27.0.